The van der Waals surface area contributed by atoms with E-state index >= 15 is 0 Å². The standard InChI is InChI=1S/C19H20FNO3/c20-15-3-1-13(2-4-15)17-7-8-21-10-14(17)11-22-16-5-6-18-19(9-16)24-12-23-18/h1-6,9,14,17,21H,7-8,10-12H2/t14-,17?/m0/s1/i1D,2D,3D,4D,12D2,17D. The molecular formula is C19H20FNO3. The molecule has 2 aromatic carbocycles. The van der Waals surface area contributed by atoms with Crippen molar-refractivity contribution in [1.82, 2.24) is 5.32 Å². The maximum absolute atomic E-state index is 14.0. The molecule has 1 fully saturated rings. The Morgan fingerprint density at radius 2 is 2.12 bits per heavy atom. The fourth-order valence-electron chi connectivity index (χ4n) is 2.82. The molecule has 0 amide bonds. The van der Waals surface area contributed by atoms with Crippen LogP contribution in [0.2, 0.25) is 0 Å². The Bertz CT molecular complexity index is 1010. The summed E-state index contributed by atoms with van der Waals surface area (Å²) < 4.78 is 85.8. The number of piperidine rings is 1. The summed E-state index contributed by atoms with van der Waals surface area (Å²) in [4.78, 5) is 0. The summed E-state index contributed by atoms with van der Waals surface area (Å²) in [5.74, 6) is -2.54. The van der Waals surface area contributed by atoms with E-state index in [0.29, 0.717) is 18.8 Å². The third kappa shape index (κ3) is 3.17. The molecule has 2 aromatic rings. The summed E-state index contributed by atoms with van der Waals surface area (Å²) in [6.45, 7) is -1.51. The second kappa shape index (κ2) is 6.69. The second-order valence-electron chi connectivity index (χ2n) is 5.57. The minimum Gasteiger partial charge on any atom is -0.493 e. The monoisotopic (exact) mass is 336 g/mol. The van der Waals surface area contributed by atoms with Gasteiger partial charge in [-0.15, -0.1) is 0 Å². The molecule has 0 saturated carbocycles. The van der Waals surface area contributed by atoms with E-state index in [9.17, 15) is 4.39 Å². The highest BCUT2D eigenvalue weighted by atomic mass is 19.1. The van der Waals surface area contributed by atoms with Crippen LogP contribution in [0.15, 0.2) is 42.4 Å². The molecule has 1 N–H and O–H groups in total. The maximum atomic E-state index is 14.0. The molecule has 126 valence electrons. The van der Waals surface area contributed by atoms with Crippen molar-refractivity contribution in [1.29, 1.82) is 0 Å². The zero-order valence-electron chi connectivity index (χ0n) is 19.7. The van der Waals surface area contributed by atoms with Crippen LogP contribution in [0.25, 0.3) is 0 Å². The lowest BCUT2D eigenvalue weighted by molar-refractivity contribution is 0.173. The summed E-state index contributed by atoms with van der Waals surface area (Å²) in [5, 5.41) is 3.14. The minimum absolute atomic E-state index is 0.0000399. The van der Waals surface area contributed by atoms with Crippen molar-refractivity contribution in [2.24, 2.45) is 5.92 Å². The van der Waals surface area contributed by atoms with Crippen LogP contribution in [-0.4, -0.2) is 26.4 Å². The van der Waals surface area contributed by atoms with Crippen LogP contribution in [0, 0.1) is 11.7 Å². The highest BCUT2D eigenvalue weighted by Gasteiger charge is 2.27. The molecule has 0 bridgehead atoms. The Hall–Kier alpha value is -2.27. The van der Waals surface area contributed by atoms with Crippen LogP contribution >= 0.6 is 0 Å². The van der Waals surface area contributed by atoms with Gasteiger partial charge in [-0.05, 0) is 48.6 Å². The average molecular weight is 336 g/mol. The number of halogens is 1. The van der Waals surface area contributed by atoms with Crippen molar-refractivity contribution >= 4 is 0 Å². The lowest BCUT2D eigenvalue weighted by Crippen LogP contribution is -2.38. The first-order valence-electron chi connectivity index (χ1n) is 11.2. The summed E-state index contributed by atoms with van der Waals surface area (Å²) >= 11 is 0. The maximum Gasteiger partial charge on any atom is 0.231 e. The van der Waals surface area contributed by atoms with E-state index in [-0.39, 0.29) is 30.1 Å². The topological polar surface area (TPSA) is 39.7 Å². The largest absolute Gasteiger partial charge is 0.493 e. The Morgan fingerprint density at radius 1 is 1.29 bits per heavy atom. The zero-order chi connectivity index (χ0) is 22.6. The first-order chi connectivity index (χ1) is 14.5. The first kappa shape index (κ1) is 9.28. The second-order valence-corrected chi connectivity index (χ2v) is 5.57. The molecule has 2 aliphatic rings. The lowest BCUT2D eigenvalue weighted by atomic mass is 9.81. The van der Waals surface area contributed by atoms with E-state index in [2.05, 4.69) is 5.32 Å². The van der Waals surface area contributed by atoms with E-state index in [1.807, 2.05) is 0 Å². The van der Waals surface area contributed by atoms with Gasteiger partial charge >= 0.3 is 0 Å². The van der Waals surface area contributed by atoms with Crippen molar-refractivity contribution in [2.75, 3.05) is 26.4 Å². The van der Waals surface area contributed by atoms with Crippen LogP contribution in [-0.2, 0) is 0 Å². The van der Waals surface area contributed by atoms with E-state index < -0.39 is 48.5 Å². The van der Waals surface area contributed by atoms with Crippen molar-refractivity contribution in [3.8, 4) is 17.2 Å². The van der Waals surface area contributed by atoms with Gasteiger partial charge in [-0.3, -0.25) is 0 Å². The summed E-state index contributed by atoms with van der Waals surface area (Å²) in [7, 11) is 0. The molecule has 5 heteroatoms. The molecule has 0 radical (unpaired) electrons. The van der Waals surface area contributed by atoms with Crippen molar-refractivity contribution in [2.45, 2.75) is 12.3 Å². The minimum atomic E-state index is -2.26. The van der Waals surface area contributed by atoms with Gasteiger partial charge in [0.1, 0.15) is 14.3 Å². The predicted molar refractivity (Wildman–Crippen MR) is 88.2 cm³/mol. The molecule has 0 spiro atoms. The molecule has 2 atom stereocenters. The summed E-state index contributed by atoms with van der Waals surface area (Å²) in [6, 6.07) is 1.87. The van der Waals surface area contributed by atoms with Gasteiger partial charge in [-0.25, -0.2) is 4.39 Å². The normalized spacial score (nSPS) is 31.7. The average Bonchev–Trinajstić information content (AvgIpc) is 3.03. The molecule has 1 unspecified atom stereocenters. The van der Waals surface area contributed by atoms with E-state index in [1.165, 1.54) is 12.1 Å². The molecule has 4 nitrogen and oxygen atoms in total. The molecule has 24 heavy (non-hydrogen) atoms. The summed E-state index contributed by atoms with van der Waals surface area (Å²) in [6.07, 6.45) is 0.199. The molecule has 0 aliphatic carbocycles. The predicted octanol–water partition coefficient (Wildman–Crippen LogP) is 3.33. The van der Waals surface area contributed by atoms with Gasteiger partial charge in [0.05, 0.1) is 12.1 Å². The molecule has 2 aliphatic heterocycles. The number of nitrogens with one attached hydrogen (secondary N) is 1. The summed E-state index contributed by atoms with van der Waals surface area (Å²) in [5.41, 5.74) is -0.141. The molecule has 0 aromatic heterocycles. The quantitative estimate of drug-likeness (QED) is 0.930. The van der Waals surface area contributed by atoms with Gasteiger partial charge in [0.15, 0.2) is 11.5 Å². The Labute approximate surface area is 150 Å². The van der Waals surface area contributed by atoms with Crippen LogP contribution < -0.4 is 19.5 Å². The number of ether oxygens (including phenoxy) is 3. The van der Waals surface area contributed by atoms with Gasteiger partial charge in [-0.1, -0.05) is 12.1 Å². The number of hydrogen-bond acceptors (Lipinski definition) is 4. The lowest BCUT2D eigenvalue weighted by Gasteiger charge is -2.32. The van der Waals surface area contributed by atoms with Crippen LogP contribution in [0.4, 0.5) is 4.39 Å². The third-order valence-corrected chi connectivity index (χ3v) is 4.04. The first-order valence-corrected chi connectivity index (χ1v) is 7.65. The van der Waals surface area contributed by atoms with Gasteiger partial charge in [0.25, 0.3) is 0 Å². The highest BCUT2D eigenvalue weighted by Crippen LogP contribution is 2.36. The van der Waals surface area contributed by atoms with E-state index in [0.717, 1.165) is 0 Å². The van der Waals surface area contributed by atoms with E-state index in [4.69, 9.17) is 23.8 Å². The molecule has 1 saturated heterocycles. The van der Waals surface area contributed by atoms with Gasteiger partial charge in [0, 0.05) is 19.9 Å². The molecule has 2 heterocycles. The molecular weight excluding hydrogens is 309 g/mol. The number of benzene rings is 2. The fraction of sp³-hybridized carbons (Fsp3) is 0.368. The number of rotatable bonds is 4. The number of fused-ring (bicyclic) bond motifs is 1. The number of hydrogen-bond donors (Lipinski definition) is 1. The highest BCUT2D eigenvalue weighted by molar-refractivity contribution is 5.46. The SMILES string of the molecule is [2H]c1c([2H])c(C2([2H])CCNC[C@H]2COc2ccc3c(c2)OC([2H])([2H])O3)c([2H])c([2H])c1F. The van der Waals surface area contributed by atoms with Gasteiger partial charge in [-0.2, -0.15) is 0 Å². The Balaban J connectivity index is 1.61. The van der Waals surface area contributed by atoms with Crippen LogP contribution in [0.5, 0.6) is 17.2 Å². The molecule has 4 rings (SSSR count). The van der Waals surface area contributed by atoms with Crippen molar-refractivity contribution in [3.63, 3.8) is 0 Å². The zero-order valence-corrected chi connectivity index (χ0v) is 12.7. The van der Waals surface area contributed by atoms with Crippen molar-refractivity contribution < 1.29 is 28.2 Å². The van der Waals surface area contributed by atoms with Gasteiger partial charge in [0.2, 0.25) is 6.75 Å². The van der Waals surface area contributed by atoms with Gasteiger partial charge < -0.3 is 19.5 Å². The van der Waals surface area contributed by atoms with Crippen LogP contribution in [0.3, 0.4) is 0 Å². The Morgan fingerprint density at radius 3 is 3.00 bits per heavy atom. The third-order valence-electron chi connectivity index (χ3n) is 4.04. The van der Waals surface area contributed by atoms with Crippen molar-refractivity contribution in [3.05, 3.63) is 53.7 Å². The fourth-order valence-corrected chi connectivity index (χ4v) is 2.82. The van der Waals surface area contributed by atoms with E-state index in [1.54, 1.807) is 6.07 Å². The Kier molecular flexibility index (Phi) is 2.59. The smallest absolute Gasteiger partial charge is 0.231 e. The van der Waals surface area contributed by atoms with Crippen LogP contribution in [0.1, 0.15) is 27.5 Å².